The Morgan fingerprint density at radius 1 is 0.526 bits per heavy atom. The molecule has 0 saturated heterocycles. The normalized spacial score (nSPS) is 15.1. The average Bonchev–Trinajstić information content (AvgIpc) is 3.71. The summed E-state index contributed by atoms with van der Waals surface area (Å²) >= 11 is -4.32. The van der Waals surface area contributed by atoms with Gasteiger partial charge in [0, 0.05) is 21.7 Å². The molecule has 6 rings (SSSR count). The third-order valence-corrected chi connectivity index (χ3v) is 15.8. The quantitative estimate of drug-likeness (QED) is 0.176. The molecule has 0 unspecified atom stereocenters. The van der Waals surface area contributed by atoms with Crippen molar-refractivity contribution in [2.24, 2.45) is 0 Å². The standard InChI is InChI=1S/2C10H6F2N.2C5H5.2Ti/c2*11-8-4-3-5-9(12)10(8)13-6-1-2-7-13;2*1-2-4-5-3-1;;/h2*1-4,6-7H;2*1-5H;;. The molecule has 8 heteroatoms. The number of rotatable bonds is 6. The first-order valence-electron chi connectivity index (χ1n) is 12.0. The van der Waals surface area contributed by atoms with E-state index in [1.54, 1.807) is 49.1 Å². The monoisotopic (exact) mass is 582 g/mol. The maximum atomic E-state index is 16.7. The fourth-order valence-corrected chi connectivity index (χ4v) is 14.3. The Bertz CT molecular complexity index is 1440. The van der Waals surface area contributed by atoms with Gasteiger partial charge in [0.25, 0.3) is 0 Å². The molecule has 0 N–H and O–H groups in total. The minimum atomic E-state index is -4.32. The van der Waals surface area contributed by atoms with Crippen LogP contribution in [0.2, 0.25) is 8.45 Å². The van der Waals surface area contributed by atoms with Crippen LogP contribution in [0.1, 0.15) is 0 Å². The molecule has 38 heavy (non-hydrogen) atoms. The van der Waals surface area contributed by atoms with Gasteiger partial charge in [-0.15, -0.1) is 0 Å². The number of aromatic nitrogens is 2. The zero-order valence-electron chi connectivity index (χ0n) is 20.1. The molecule has 2 aliphatic carbocycles. The summed E-state index contributed by atoms with van der Waals surface area (Å²) in [6.45, 7) is 0. The molecule has 0 amide bonds. The molecule has 188 valence electrons. The van der Waals surface area contributed by atoms with Gasteiger partial charge in [-0.1, -0.05) is 0 Å². The summed E-state index contributed by atoms with van der Waals surface area (Å²) in [5.41, 5.74) is -0.412. The second-order valence-corrected chi connectivity index (χ2v) is 15.6. The Labute approximate surface area is 236 Å². The molecule has 0 radical (unpaired) electrons. The molecule has 0 spiro atoms. The van der Waals surface area contributed by atoms with Gasteiger partial charge in [-0.25, -0.2) is 0 Å². The topological polar surface area (TPSA) is 9.86 Å². The second kappa shape index (κ2) is 10.7. The van der Waals surface area contributed by atoms with Crippen LogP contribution in [0.3, 0.4) is 0 Å². The van der Waals surface area contributed by atoms with Crippen molar-refractivity contribution in [3.05, 3.63) is 145 Å². The van der Waals surface area contributed by atoms with E-state index >= 15 is 17.6 Å². The van der Waals surface area contributed by atoms with Crippen LogP contribution in [0.5, 0.6) is 0 Å². The number of benzene rings is 2. The number of hydrogen-bond acceptors (Lipinski definition) is 0. The SMILES string of the molecule is Fc1cc[c]([Ti]([c]2ccc(F)c(-n3cccc3)c2F)([CH]2C=CC=C2)[CH]2C=CC=C2)c(F)c1-n1cccc1.[Ti]. The van der Waals surface area contributed by atoms with E-state index in [9.17, 15) is 0 Å². The molecule has 4 aromatic rings. The minimum absolute atomic E-state index is 0. The van der Waals surface area contributed by atoms with Gasteiger partial charge in [-0.05, 0) is 0 Å². The van der Waals surface area contributed by atoms with Gasteiger partial charge in [-0.3, -0.25) is 0 Å². The molecule has 2 heterocycles. The van der Waals surface area contributed by atoms with Crippen molar-refractivity contribution in [3.63, 3.8) is 0 Å². The fraction of sp³-hybridized carbons (Fsp3) is 0.0667. The summed E-state index contributed by atoms with van der Waals surface area (Å²) in [5.74, 6) is -2.86. The number of allylic oxidation sites excluding steroid dienone is 8. The third-order valence-electron chi connectivity index (χ3n) is 7.30. The van der Waals surface area contributed by atoms with E-state index < -0.39 is 39.9 Å². The van der Waals surface area contributed by atoms with Crippen molar-refractivity contribution < 1.29 is 55.9 Å². The van der Waals surface area contributed by atoms with Gasteiger partial charge in [0.2, 0.25) is 0 Å². The van der Waals surface area contributed by atoms with Gasteiger partial charge < -0.3 is 0 Å². The number of halogens is 4. The van der Waals surface area contributed by atoms with Crippen molar-refractivity contribution >= 4 is 7.74 Å². The van der Waals surface area contributed by atoms with Crippen LogP contribution >= 0.6 is 0 Å². The summed E-state index contributed by atoms with van der Waals surface area (Å²) in [5, 5.41) is 0. The van der Waals surface area contributed by atoms with E-state index in [0.29, 0.717) is 7.74 Å². The number of nitrogens with zero attached hydrogens (tertiary/aromatic N) is 2. The molecule has 2 aliphatic rings. The Balaban J connectivity index is 0.00000294. The summed E-state index contributed by atoms with van der Waals surface area (Å²) < 4.78 is 66.3. The first-order chi connectivity index (χ1) is 18.0. The molecule has 2 aromatic heterocycles. The zero-order chi connectivity index (χ0) is 25.6. The first-order valence-corrected chi connectivity index (χ1v) is 15.3. The second-order valence-electron chi connectivity index (χ2n) is 9.16. The van der Waals surface area contributed by atoms with Crippen LogP contribution in [0.4, 0.5) is 17.6 Å². The first kappa shape index (κ1) is 26.7. The van der Waals surface area contributed by atoms with Gasteiger partial charge >= 0.3 is 216 Å². The summed E-state index contributed by atoms with van der Waals surface area (Å²) in [6, 6.07) is 12.2. The van der Waals surface area contributed by atoms with Crippen molar-refractivity contribution in [3.8, 4) is 11.4 Å². The molecule has 2 nitrogen and oxygen atoms in total. The minimum Gasteiger partial charge on any atom is 0 e. The van der Waals surface area contributed by atoms with Crippen molar-refractivity contribution in [1.82, 2.24) is 9.13 Å². The van der Waals surface area contributed by atoms with E-state index in [4.69, 9.17) is 0 Å². The van der Waals surface area contributed by atoms with Gasteiger partial charge in [0.15, 0.2) is 0 Å². The Morgan fingerprint density at radius 3 is 1.21 bits per heavy atom. The molecule has 0 bridgehead atoms. The van der Waals surface area contributed by atoms with Crippen LogP contribution in [0.25, 0.3) is 11.4 Å². The molecular weight excluding hydrogens is 560 g/mol. The molecule has 2 aromatic carbocycles. The maximum absolute atomic E-state index is 16.7. The summed E-state index contributed by atoms with van der Waals surface area (Å²) in [7, 11) is 0. The molecule has 0 fully saturated rings. The van der Waals surface area contributed by atoms with Gasteiger partial charge in [-0.2, -0.15) is 0 Å². The molecule has 0 atom stereocenters. The maximum Gasteiger partial charge on any atom is 0 e. The van der Waals surface area contributed by atoms with Crippen LogP contribution in [-0.4, -0.2) is 9.13 Å². The fourth-order valence-electron chi connectivity index (χ4n) is 5.72. The molecule has 0 aliphatic heterocycles. The predicted molar refractivity (Wildman–Crippen MR) is 135 cm³/mol. The molecule has 0 saturated carbocycles. The third kappa shape index (κ3) is 4.11. The van der Waals surface area contributed by atoms with Crippen LogP contribution < -0.4 is 7.74 Å². The summed E-state index contributed by atoms with van der Waals surface area (Å²) in [4.78, 5) is 0. The number of hydrogen-bond donors (Lipinski definition) is 0. The predicted octanol–water partition coefficient (Wildman–Crippen LogP) is 6.76. The van der Waals surface area contributed by atoms with Crippen LogP contribution in [-0.2, 0) is 38.3 Å². The van der Waals surface area contributed by atoms with Crippen molar-refractivity contribution in [1.29, 1.82) is 0 Å². The Hall–Kier alpha value is -2.89. The largest absolute Gasteiger partial charge is 0 e. The smallest absolute Gasteiger partial charge is 0 e. The Kier molecular flexibility index (Phi) is 7.52. The van der Waals surface area contributed by atoms with Crippen LogP contribution in [0.15, 0.2) is 122 Å². The van der Waals surface area contributed by atoms with Crippen molar-refractivity contribution in [2.75, 3.05) is 0 Å². The molecular formula is C30H22F4N2Ti2. The van der Waals surface area contributed by atoms with Gasteiger partial charge in [0.05, 0.1) is 0 Å². The Morgan fingerprint density at radius 2 is 0.868 bits per heavy atom. The average molecular weight is 582 g/mol. The van der Waals surface area contributed by atoms with E-state index in [1.807, 2.05) is 48.6 Å². The summed E-state index contributed by atoms with van der Waals surface area (Å²) in [6.07, 6.45) is 21.6. The van der Waals surface area contributed by atoms with Gasteiger partial charge in [0.1, 0.15) is 0 Å². The van der Waals surface area contributed by atoms with E-state index in [0.717, 1.165) is 0 Å². The van der Waals surface area contributed by atoms with E-state index in [2.05, 4.69) is 0 Å². The van der Waals surface area contributed by atoms with Crippen molar-refractivity contribution in [2.45, 2.75) is 8.45 Å². The van der Waals surface area contributed by atoms with E-state index in [1.165, 1.54) is 33.4 Å². The zero-order valence-corrected chi connectivity index (χ0v) is 23.2. The van der Waals surface area contributed by atoms with Crippen LogP contribution in [0, 0.1) is 23.3 Å². The van der Waals surface area contributed by atoms with E-state index in [-0.39, 0.29) is 41.5 Å².